The van der Waals surface area contributed by atoms with Crippen LogP contribution in [0.25, 0.3) is 55.3 Å². The monoisotopic (exact) mass is 955 g/mol. The van der Waals surface area contributed by atoms with Crippen LogP contribution in [0.1, 0.15) is 44.5 Å². The lowest BCUT2D eigenvalue weighted by Crippen LogP contribution is -2.32. The Kier molecular flexibility index (Phi) is 8.88. The van der Waals surface area contributed by atoms with Gasteiger partial charge in [-0.15, -0.1) is 0 Å². The van der Waals surface area contributed by atoms with E-state index in [1.807, 2.05) is 0 Å². The van der Waals surface area contributed by atoms with Gasteiger partial charge in [0, 0.05) is 39.3 Å². The molecule has 0 radical (unpaired) electrons. The molecule has 0 saturated heterocycles. The summed E-state index contributed by atoms with van der Waals surface area (Å²) in [5, 5.41) is 2.35. The molecule has 3 nitrogen and oxygen atoms in total. The average molecular weight is 956 g/mol. The van der Waals surface area contributed by atoms with Gasteiger partial charge >= 0.3 is 0 Å². The molecule has 350 valence electrons. The smallest absolute Gasteiger partial charge is 0.132 e. The van der Waals surface area contributed by atoms with Gasteiger partial charge in [0.05, 0.1) is 10.8 Å². The van der Waals surface area contributed by atoms with Gasteiger partial charge in [0.1, 0.15) is 23.0 Å². The summed E-state index contributed by atoms with van der Waals surface area (Å²) < 4.78 is 13.6. The minimum atomic E-state index is -0.619. The molecule has 4 aliphatic rings. The second-order valence-corrected chi connectivity index (χ2v) is 20.3. The fourth-order valence-corrected chi connectivity index (χ4v) is 13.4. The highest BCUT2D eigenvalue weighted by molar-refractivity contribution is 5.96. The molecule has 16 rings (SSSR count). The van der Waals surface area contributed by atoms with Gasteiger partial charge < -0.3 is 14.4 Å². The van der Waals surface area contributed by atoms with E-state index in [0.717, 1.165) is 73.3 Å². The van der Waals surface area contributed by atoms with Gasteiger partial charge in [-0.1, -0.05) is 206 Å². The van der Waals surface area contributed by atoms with Gasteiger partial charge in [-0.05, 0) is 144 Å². The van der Waals surface area contributed by atoms with E-state index in [4.69, 9.17) is 9.47 Å². The zero-order valence-electron chi connectivity index (χ0n) is 40.7. The molecule has 75 heavy (non-hydrogen) atoms. The molecular weight excluding hydrogens is 911 g/mol. The van der Waals surface area contributed by atoms with Crippen molar-refractivity contribution < 1.29 is 9.47 Å². The largest absolute Gasteiger partial charge is 0.457 e. The topological polar surface area (TPSA) is 21.7 Å². The van der Waals surface area contributed by atoms with Crippen LogP contribution >= 0.6 is 0 Å². The molecule has 0 bridgehead atoms. The van der Waals surface area contributed by atoms with E-state index in [-0.39, 0.29) is 0 Å². The third-order valence-electron chi connectivity index (χ3n) is 16.6. The summed E-state index contributed by atoms with van der Waals surface area (Å²) in [5.74, 6) is 3.53. The molecule has 1 unspecified atom stereocenters. The maximum atomic E-state index is 6.88. The van der Waals surface area contributed by atoms with Crippen LogP contribution < -0.4 is 14.4 Å². The van der Waals surface area contributed by atoms with Gasteiger partial charge in [0.2, 0.25) is 0 Å². The number of ether oxygens (including phenoxy) is 2. The van der Waals surface area contributed by atoms with E-state index in [0.29, 0.717) is 0 Å². The highest BCUT2D eigenvalue weighted by Crippen LogP contribution is 2.65. The van der Waals surface area contributed by atoms with Crippen LogP contribution in [-0.4, -0.2) is 0 Å². The van der Waals surface area contributed by atoms with E-state index in [1.165, 1.54) is 66.6 Å². The minimum absolute atomic E-state index is 0.614. The molecule has 2 spiro atoms. The standard InChI is InChI=1S/C72H45NO2/c1-2-16-46(17-3-1)47-30-32-48(33-31-47)49-34-36-52(37-35-49)73(54-38-40-57-55-20-6-8-22-59(55)72(65(57)45-54)63-25-11-13-27-67(63)74-68-28-14-12-26-64(68)72)53-39-41-61-58(44-53)56-21-7-9-23-60(56)71(61)62-24-10-15-29-69(62)75-70-43-51-19-5-4-18-50(51)42-66(70)71/h1-45H. The summed E-state index contributed by atoms with van der Waals surface area (Å²) in [6.07, 6.45) is 0. The molecule has 1 atom stereocenters. The zero-order chi connectivity index (χ0) is 49.2. The Hall–Kier alpha value is -9.70. The van der Waals surface area contributed by atoms with E-state index in [1.54, 1.807) is 0 Å². The number of hydrogen-bond acceptors (Lipinski definition) is 3. The van der Waals surface area contributed by atoms with Crippen molar-refractivity contribution in [3.63, 3.8) is 0 Å². The fraction of sp³-hybridized carbons (Fsp3) is 0.0278. The third-order valence-corrected chi connectivity index (χ3v) is 16.6. The lowest BCUT2D eigenvalue weighted by Gasteiger charge is -2.40. The van der Waals surface area contributed by atoms with E-state index in [9.17, 15) is 0 Å². The van der Waals surface area contributed by atoms with Gasteiger partial charge in [0.25, 0.3) is 0 Å². The first-order valence-corrected chi connectivity index (χ1v) is 25.9. The molecule has 2 aliphatic carbocycles. The number of benzene rings is 12. The zero-order valence-corrected chi connectivity index (χ0v) is 40.7. The summed E-state index contributed by atoms with van der Waals surface area (Å²) in [7, 11) is 0. The Morgan fingerprint density at radius 1 is 0.227 bits per heavy atom. The summed E-state index contributed by atoms with van der Waals surface area (Å²) in [5.41, 5.74) is 21.2. The summed E-state index contributed by atoms with van der Waals surface area (Å²) in [6.45, 7) is 0. The van der Waals surface area contributed by atoms with Crippen molar-refractivity contribution in [3.8, 4) is 67.5 Å². The quantitative estimate of drug-likeness (QED) is 0.172. The molecule has 12 aromatic carbocycles. The van der Waals surface area contributed by atoms with E-state index < -0.39 is 10.8 Å². The molecule has 2 heterocycles. The van der Waals surface area contributed by atoms with Crippen molar-refractivity contribution in [2.24, 2.45) is 0 Å². The fourth-order valence-electron chi connectivity index (χ4n) is 13.4. The van der Waals surface area contributed by atoms with E-state index >= 15 is 0 Å². The van der Waals surface area contributed by atoms with Gasteiger partial charge in [0.15, 0.2) is 0 Å². The number of fused-ring (bicyclic) bond motifs is 19. The van der Waals surface area contributed by atoms with Crippen LogP contribution in [0.2, 0.25) is 0 Å². The lowest BCUT2D eigenvalue weighted by atomic mass is 9.66. The summed E-state index contributed by atoms with van der Waals surface area (Å²) >= 11 is 0. The Labute approximate surface area is 435 Å². The lowest BCUT2D eigenvalue weighted by molar-refractivity contribution is 0.436. The average Bonchev–Trinajstić information content (AvgIpc) is 3.93. The Morgan fingerprint density at radius 3 is 1.24 bits per heavy atom. The Balaban J connectivity index is 0.919. The van der Waals surface area contributed by atoms with Crippen LogP contribution in [0.3, 0.4) is 0 Å². The molecular formula is C72H45NO2. The predicted molar refractivity (Wildman–Crippen MR) is 304 cm³/mol. The minimum Gasteiger partial charge on any atom is -0.457 e. The second-order valence-electron chi connectivity index (χ2n) is 20.3. The van der Waals surface area contributed by atoms with Crippen LogP contribution in [0.5, 0.6) is 23.0 Å². The number of rotatable bonds is 5. The number of anilines is 3. The van der Waals surface area contributed by atoms with Crippen molar-refractivity contribution >= 4 is 27.8 Å². The van der Waals surface area contributed by atoms with Crippen molar-refractivity contribution in [1.82, 2.24) is 0 Å². The van der Waals surface area contributed by atoms with Crippen molar-refractivity contribution in [1.29, 1.82) is 0 Å². The van der Waals surface area contributed by atoms with E-state index in [2.05, 4.69) is 278 Å². The normalized spacial score (nSPS) is 15.3. The highest BCUT2D eigenvalue weighted by atomic mass is 16.5. The first-order valence-electron chi connectivity index (χ1n) is 25.9. The molecule has 0 amide bonds. The second kappa shape index (κ2) is 15.9. The molecule has 0 fully saturated rings. The van der Waals surface area contributed by atoms with Crippen LogP contribution in [0.15, 0.2) is 273 Å². The number of nitrogens with zero attached hydrogens (tertiary/aromatic N) is 1. The van der Waals surface area contributed by atoms with Gasteiger partial charge in [-0.25, -0.2) is 0 Å². The molecule has 3 heteroatoms. The third kappa shape index (κ3) is 5.86. The predicted octanol–water partition coefficient (Wildman–Crippen LogP) is 18.6. The Morgan fingerprint density at radius 2 is 0.627 bits per heavy atom. The molecule has 2 aliphatic heterocycles. The molecule has 0 N–H and O–H groups in total. The van der Waals surface area contributed by atoms with Crippen LogP contribution in [0, 0.1) is 0 Å². The van der Waals surface area contributed by atoms with Gasteiger partial charge in [-0.3, -0.25) is 0 Å². The number of hydrogen-bond donors (Lipinski definition) is 0. The van der Waals surface area contributed by atoms with Crippen molar-refractivity contribution in [2.45, 2.75) is 10.8 Å². The molecule has 12 aromatic rings. The van der Waals surface area contributed by atoms with Gasteiger partial charge in [-0.2, -0.15) is 0 Å². The first-order chi connectivity index (χ1) is 37.2. The molecule has 0 saturated carbocycles. The van der Waals surface area contributed by atoms with Crippen LogP contribution in [0.4, 0.5) is 17.1 Å². The molecule has 0 aromatic heterocycles. The SMILES string of the molecule is c1ccc(-c2ccc(-c3ccc(N(c4ccc5c(c4)-c4ccccc4C54c5ccccc5Oc5cc6ccccc6cc54)c4ccc5c(c4)C4(c6ccccc6Oc6ccccc64)c4ccccc4-5)cc3)cc2)cc1. The maximum Gasteiger partial charge on any atom is 0.132 e. The Bertz CT molecular complexity index is 4260. The van der Waals surface area contributed by atoms with Crippen molar-refractivity contribution in [3.05, 3.63) is 317 Å². The summed E-state index contributed by atoms with van der Waals surface area (Å²) in [4.78, 5) is 2.46. The van der Waals surface area contributed by atoms with Crippen molar-refractivity contribution in [2.75, 3.05) is 4.90 Å². The highest BCUT2D eigenvalue weighted by Gasteiger charge is 2.53. The first kappa shape index (κ1) is 41.9. The number of para-hydroxylation sites is 3. The van der Waals surface area contributed by atoms with Crippen LogP contribution in [-0.2, 0) is 10.8 Å². The maximum absolute atomic E-state index is 6.88. The summed E-state index contributed by atoms with van der Waals surface area (Å²) in [6, 6.07) is 100.